The third kappa shape index (κ3) is 1.91. The second-order valence-corrected chi connectivity index (χ2v) is 4.75. The Labute approximate surface area is 107 Å². The van der Waals surface area contributed by atoms with E-state index in [9.17, 15) is 0 Å². The lowest BCUT2D eigenvalue weighted by molar-refractivity contribution is 0.370. The third-order valence-electron chi connectivity index (χ3n) is 3.54. The molecule has 0 radical (unpaired) electrons. The highest BCUT2D eigenvalue weighted by Gasteiger charge is 2.14. The Morgan fingerprint density at radius 1 is 1.33 bits per heavy atom. The molecule has 0 amide bonds. The monoisotopic (exact) mass is 243 g/mol. The van der Waals surface area contributed by atoms with Crippen LogP contribution in [-0.4, -0.2) is 32.1 Å². The first-order valence-corrected chi connectivity index (χ1v) is 6.21. The van der Waals surface area contributed by atoms with Gasteiger partial charge in [0.25, 0.3) is 0 Å². The van der Waals surface area contributed by atoms with Gasteiger partial charge in [-0.15, -0.1) is 0 Å². The number of likely N-dealkylation sites (N-methyl/N-ethyl adjacent to an activating group) is 1. The van der Waals surface area contributed by atoms with Crippen LogP contribution in [0.4, 0.5) is 0 Å². The Bertz CT molecular complexity index is 598. The van der Waals surface area contributed by atoms with Crippen molar-refractivity contribution in [2.24, 2.45) is 0 Å². The molecule has 0 atom stereocenters. The zero-order valence-electron chi connectivity index (χ0n) is 10.8. The minimum atomic E-state index is 0.874. The largest absolute Gasteiger partial charge is 0.497 e. The van der Waals surface area contributed by atoms with Crippen molar-refractivity contribution < 1.29 is 9.15 Å². The van der Waals surface area contributed by atoms with E-state index in [1.807, 2.05) is 24.5 Å². The Balaban J connectivity index is 2.06. The van der Waals surface area contributed by atoms with Crippen LogP contribution in [0.25, 0.3) is 16.5 Å². The van der Waals surface area contributed by atoms with Gasteiger partial charge in [0, 0.05) is 24.0 Å². The molecule has 0 aliphatic carbocycles. The number of furan rings is 1. The molecule has 0 bridgehead atoms. The van der Waals surface area contributed by atoms with Crippen LogP contribution in [0.2, 0.25) is 0 Å². The predicted molar refractivity (Wildman–Crippen MR) is 72.9 cm³/mol. The van der Waals surface area contributed by atoms with E-state index in [4.69, 9.17) is 9.15 Å². The predicted octanol–water partition coefficient (Wildman–Crippen LogP) is 3.16. The number of nitrogens with zero attached hydrogens (tertiary/aromatic N) is 1. The molecule has 0 spiro atoms. The molecule has 18 heavy (non-hydrogen) atoms. The lowest BCUT2D eigenvalue weighted by Gasteiger charge is -2.21. The number of rotatable bonds is 2. The standard InChI is InChI=1S/C15H17NO2/c1-16-7-5-11(6-8-16)14-10-18-15-4-3-12(17-2)9-13(14)15/h3-5,9-10H,6-8H2,1-2H3. The average Bonchev–Trinajstić information content (AvgIpc) is 2.82. The molecule has 1 aliphatic rings. The highest BCUT2D eigenvalue weighted by molar-refractivity contribution is 5.92. The summed E-state index contributed by atoms with van der Waals surface area (Å²) in [6.45, 7) is 2.11. The highest BCUT2D eigenvalue weighted by Crippen LogP contribution is 2.32. The Kier molecular flexibility index (Phi) is 2.84. The van der Waals surface area contributed by atoms with Crippen molar-refractivity contribution in [1.82, 2.24) is 4.90 Å². The maximum atomic E-state index is 5.62. The topological polar surface area (TPSA) is 25.6 Å². The molecule has 3 heteroatoms. The van der Waals surface area contributed by atoms with Gasteiger partial charge in [-0.1, -0.05) is 6.08 Å². The Morgan fingerprint density at radius 3 is 2.94 bits per heavy atom. The average molecular weight is 243 g/mol. The summed E-state index contributed by atoms with van der Waals surface area (Å²) in [6.07, 6.45) is 5.22. The normalized spacial score (nSPS) is 16.9. The van der Waals surface area contributed by atoms with E-state index in [-0.39, 0.29) is 0 Å². The van der Waals surface area contributed by atoms with Gasteiger partial charge in [-0.25, -0.2) is 0 Å². The molecule has 1 aromatic carbocycles. The summed E-state index contributed by atoms with van der Waals surface area (Å²) in [4.78, 5) is 2.31. The minimum Gasteiger partial charge on any atom is -0.497 e. The van der Waals surface area contributed by atoms with E-state index in [1.54, 1.807) is 7.11 Å². The summed E-state index contributed by atoms with van der Waals surface area (Å²) in [5, 5.41) is 1.14. The summed E-state index contributed by atoms with van der Waals surface area (Å²) < 4.78 is 10.9. The SMILES string of the molecule is COc1ccc2occ(C3=CCN(C)CC3)c2c1. The highest BCUT2D eigenvalue weighted by atomic mass is 16.5. The smallest absolute Gasteiger partial charge is 0.134 e. The zero-order chi connectivity index (χ0) is 12.5. The minimum absolute atomic E-state index is 0.874. The molecule has 2 aromatic rings. The molecule has 2 heterocycles. The lowest BCUT2D eigenvalue weighted by atomic mass is 9.99. The number of benzene rings is 1. The third-order valence-corrected chi connectivity index (χ3v) is 3.54. The number of hydrogen-bond donors (Lipinski definition) is 0. The van der Waals surface area contributed by atoms with Crippen LogP contribution in [0, 0.1) is 0 Å². The maximum Gasteiger partial charge on any atom is 0.134 e. The number of hydrogen-bond acceptors (Lipinski definition) is 3. The summed E-state index contributed by atoms with van der Waals surface area (Å²) in [7, 11) is 3.83. The number of ether oxygens (including phenoxy) is 1. The van der Waals surface area contributed by atoms with E-state index in [0.717, 1.165) is 36.2 Å². The molecular formula is C15H17NO2. The molecule has 3 nitrogen and oxygen atoms in total. The van der Waals surface area contributed by atoms with Crippen molar-refractivity contribution in [3.05, 3.63) is 36.1 Å². The second-order valence-electron chi connectivity index (χ2n) is 4.75. The quantitative estimate of drug-likeness (QED) is 0.810. The van der Waals surface area contributed by atoms with Crippen LogP contribution < -0.4 is 4.74 Å². The van der Waals surface area contributed by atoms with E-state index in [2.05, 4.69) is 18.0 Å². The zero-order valence-corrected chi connectivity index (χ0v) is 10.8. The first-order chi connectivity index (χ1) is 8.78. The van der Waals surface area contributed by atoms with Crippen LogP contribution in [0.3, 0.4) is 0 Å². The molecule has 3 rings (SSSR count). The summed E-state index contributed by atoms with van der Waals surface area (Å²) >= 11 is 0. The van der Waals surface area contributed by atoms with Crippen LogP contribution in [0.5, 0.6) is 5.75 Å². The molecule has 1 aromatic heterocycles. The van der Waals surface area contributed by atoms with Crippen LogP contribution >= 0.6 is 0 Å². The summed E-state index contributed by atoms with van der Waals surface area (Å²) in [5.41, 5.74) is 3.50. The Morgan fingerprint density at radius 2 is 2.22 bits per heavy atom. The fourth-order valence-corrected chi connectivity index (χ4v) is 2.40. The number of fused-ring (bicyclic) bond motifs is 1. The van der Waals surface area contributed by atoms with E-state index in [1.165, 1.54) is 11.1 Å². The molecule has 0 N–H and O–H groups in total. The summed E-state index contributed by atoms with van der Waals surface area (Å²) in [5.74, 6) is 0.874. The fraction of sp³-hybridized carbons (Fsp3) is 0.333. The van der Waals surface area contributed by atoms with Gasteiger partial charge in [0.1, 0.15) is 11.3 Å². The van der Waals surface area contributed by atoms with Gasteiger partial charge in [0.2, 0.25) is 0 Å². The van der Waals surface area contributed by atoms with Gasteiger partial charge in [-0.2, -0.15) is 0 Å². The van der Waals surface area contributed by atoms with Crippen molar-refractivity contribution >= 4 is 16.5 Å². The van der Waals surface area contributed by atoms with Crippen LogP contribution in [0.1, 0.15) is 12.0 Å². The van der Waals surface area contributed by atoms with Crippen molar-refractivity contribution in [1.29, 1.82) is 0 Å². The second kappa shape index (κ2) is 4.50. The van der Waals surface area contributed by atoms with Gasteiger partial charge in [-0.05, 0) is 37.2 Å². The summed E-state index contributed by atoms with van der Waals surface area (Å²) in [6, 6.07) is 5.94. The fourth-order valence-electron chi connectivity index (χ4n) is 2.40. The van der Waals surface area contributed by atoms with Crippen molar-refractivity contribution in [2.45, 2.75) is 6.42 Å². The molecule has 0 saturated carbocycles. The van der Waals surface area contributed by atoms with Gasteiger partial charge < -0.3 is 14.1 Å². The van der Waals surface area contributed by atoms with E-state index < -0.39 is 0 Å². The molecular weight excluding hydrogens is 226 g/mol. The molecule has 0 fully saturated rings. The molecule has 1 aliphatic heterocycles. The van der Waals surface area contributed by atoms with Crippen molar-refractivity contribution in [3.63, 3.8) is 0 Å². The van der Waals surface area contributed by atoms with Gasteiger partial charge in [0.05, 0.1) is 13.4 Å². The molecule has 0 saturated heterocycles. The van der Waals surface area contributed by atoms with Gasteiger partial charge >= 0.3 is 0 Å². The van der Waals surface area contributed by atoms with Crippen LogP contribution in [0.15, 0.2) is 35.0 Å². The maximum absolute atomic E-state index is 5.62. The van der Waals surface area contributed by atoms with E-state index in [0.29, 0.717) is 0 Å². The first-order valence-electron chi connectivity index (χ1n) is 6.21. The number of methoxy groups -OCH3 is 1. The van der Waals surface area contributed by atoms with Crippen LogP contribution in [-0.2, 0) is 0 Å². The van der Waals surface area contributed by atoms with Gasteiger partial charge in [-0.3, -0.25) is 0 Å². The van der Waals surface area contributed by atoms with Crippen molar-refractivity contribution in [3.8, 4) is 5.75 Å². The lowest BCUT2D eigenvalue weighted by Crippen LogP contribution is -2.23. The molecule has 94 valence electrons. The first kappa shape index (κ1) is 11.4. The van der Waals surface area contributed by atoms with E-state index >= 15 is 0 Å². The van der Waals surface area contributed by atoms with Crippen molar-refractivity contribution in [2.75, 3.05) is 27.2 Å². The molecule has 0 unspecified atom stereocenters. The van der Waals surface area contributed by atoms with Gasteiger partial charge in [0.15, 0.2) is 0 Å². The Hall–Kier alpha value is -1.74.